The van der Waals surface area contributed by atoms with E-state index in [9.17, 15) is 9.59 Å². The highest BCUT2D eigenvalue weighted by Crippen LogP contribution is 2.16. The predicted octanol–water partition coefficient (Wildman–Crippen LogP) is 3.42. The number of likely N-dealkylation sites (tertiary alicyclic amines) is 1. The number of carbonyl (C=O) groups is 2. The summed E-state index contributed by atoms with van der Waals surface area (Å²) in [5.41, 5.74) is 1.52. The molecular formula is C20H30N2O3. The van der Waals surface area contributed by atoms with Crippen molar-refractivity contribution in [3.8, 4) is 0 Å². The lowest BCUT2D eigenvalue weighted by atomic mass is 10.0. The van der Waals surface area contributed by atoms with E-state index in [4.69, 9.17) is 5.11 Å². The number of aryl methyl sites for hydroxylation is 1. The first kappa shape index (κ1) is 19.4. The number of carboxylic acids is 1. The van der Waals surface area contributed by atoms with Gasteiger partial charge in [-0.15, -0.1) is 0 Å². The number of amides is 1. The van der Waals surface area contributed by atoms with Crippen LogP contribution in [0.15, 0.2) is 18.2 Å². The van der Waals surface area contributed by atoms with Gasteiger partial charge >= 0.3 is 5.97 Å². The summed E-state index contributed by atoms with van der Waals surface area (Å²) in [6, 6.07) is 4.83. The minimum Gasteiger partial charge on any atom is -0.478 e. The van der Waals surface area contributed by atoms with Crippen LogP contribution in [0.5, 0.6) is 0 Å². The molecule has 25 heavy (non-hydrogen) atoms. The Morgan fingerprint density at radius 1 is 1.16 bits per heavy atom. The molecule has 1 aromatic carbocycles. The van der Waals surface area contributed by atoms with Gasteiger partial charge in [-0.25, -0.2) is 4.79 Å². The average Bonchev–Trinajstić information content (AvgIpc) is 2.83. The van der Waals surface area contributed by atoms with Crippen LogP contribution in [-0.4, -0.2) is 59.0 Å². The third kappa shape index (κ3) is 5.30. The molecule has 2 rings (SSSR count). The lowest BCUT2D eigenvalue weighted by Gasteiger charge is -2.30. The topological polar surface area (TPSA) is 60.9 Å². The molecule has 0 radical (unpaired) electrons. The molecule has 138 valence electrons. The maximum absolute atomic E-state index is 13.0. The van der Waals surface area contributed by atoms with E-state index in [0.717, 1.165) is 19.6 Å². The summed E-state index contributed by atoms with van der Waals surface area (Å²) >= 11 is 0. The fourth-order valence-corrected chi connectivity index (χ4v) is 3.39. The second-order valence-corrected chi connectivity index (χ2v) is 7.18. The molecular weight excluding hydrogens is 316 g/mol. The van der Waals surface area contributed by atoms with Crippen molar-refractivity contribution >= 4 is 11.9 Å². The summed E-state index contributed by atoms with van der Waals surface area (Å²) in [5.74, 6) is -0.983. The van der Waals surface area contributed by atoms with Gasteiger partial charge in [0.1, 0.15) is 0 Å². The van der Waals surface area contributed by atoms with E-state index in [2.05, 4.69) is 4.90 Å². The van der Waals surface area contributed by atoms with Crippen molar-refractivity contribution in [2.75, 3.05) is 26.2 Å². The molecule has 0 aromatic heterocycles. The fraction of sp³-hybridized carbons (Fsp3) is 0.600. The normalized spacial score (nSPS) is 15.8. The van der Waals surface area contributed by atoms with Crippen LogP contribution >= 0.6 is 0 Å². The Kier molecular flexibility index (Phi) is 7.00. The van der Waals surface area contributed by atoms with E-state index in [0.29, 0.717) is 17.7 Å². The smallest absolute Gasteiger partial charge is 0.335 e. The molecule has 5 nitrogen and oxygen atoms in total. The summed E-state index contributed by atoms with van der Waals surface area (Å²) in [6.45, 7) is 9.70. The Hall–Kier alpha value is -1.88. The van der Waals surface area contributed by atoms with Crippen LogP contribution in [0.2, 0.25) is 0 Å². The van der Waals surface area contributed by atoms with Crippen molar-refractivity contribution in [2.24, 2.45) is 0 Å². The van der Waals surface area contributed by atoms with E-state index < -0.39 is 5.97 Å². The first-order valence-electron chi connectivity index (χ1n) is 9.27. The molecule has 5 heteroatoms. The molecule has 1 aliphatic rings. The minimum atomic E-state index is -0.969. The van der Waals surface area contributed by atoms with Gasteiger partial charge in [-0.1, -0.05) is 12.8 Å². The van der Waals surface area contributed by atoms with Crippen LogP contribution in [0.3, 0.4) is 0 Å². The van der Waals surface area contributed by atoms with Crippen molar-refractivity contribution in [3.05, 3.63) is 34.9 Å². The van der Waals surface area contributed by atoms with E-state index >= 15 is 0 Å². The maximum Gasteiger partial charge on any atom is 0.335 e. The zero-order valence-electron chi connectivity index (χ0n) is 15.6. The first-order chi connectivity index (χ1) is 11.9. The van der Waals surface area contributed by atoms with Crippen molar-refractivity contribution in [1.29, 1.82) is 0 Å². The monoisotopic (exact) mass is 346 g/mol. The molecule has 1 aliphatic heterocycles. The summed E-state index contributed by atoms with van der Waals surface area (Å²) in [5, 5.41) is 9.09. The molecule has 1 N–H and O–H groups in total. The number of nitrogens with zero attached hydrogens (tertiary/aromatic N) is 2. The lowest BCUT2D eigenvalue weighted by Crippen LogP contribution is -2.43. The molecule has 1 amide bonds. The first-order valence-corrected chi connectivity index (χ1v) is 9.27. The van der Waals surface area contributed by atoms with Crippen molar-refractivity contribution in [2.45, 2.75) is 52.5 Å². The van der Waals surface area contributed by atoms with Gasteiger partial charge in [-0.3, -0.25) is 4.79 Å². The Balaban J connectivity index is 2.08. The van der Waals surface area contributed by atoms with Gasteiger partial charge in [0.05, 0.1) is 5.56 Å². The maximum atomic E-state index is 13.0. The molecule has 0 aliphatic carbocycles. The van der Waals surface area contributed by atoms with Gasteiger partial charge in [0, 0.05) is 24.7 Å². The molecule has 0 unspecified atom stereocenters. The predicted molar refractivity (Wildman–Crippen MR) is 99.2 cm³/mol. The van der Waals surface area contributed by atoms with E-state index in [1.54, 1.807) is 19.1 Å². The molecule has 1 fully saturated rings. The Morgan fingerprint density at radius 3 is 2.32 bits per heavy atom. The molecule has 1 saturated heterocycles. The average molecular weight is 346 g/mol. The minimum absolute atomic E-state index is 0.0146. The van der Waals surface area contributed by atoms with E-state index in [-0.39, 0.29) is 17.5 Å². The van der Waals surface area contributed by atoms with Crippen LogP contribution < -0.4 is 0 Å². The SMILES string of the molecule is Cc1cc(C(=O)O)ccc1C(=O)N(CCN1CCCCCC1)C(C)C. The van der Waals surface area contributed by atoms with Gasteiger partial charge in [0.15, 0.2) is 0 Å². The second-order valence-electron chi connectivity index (χ2n) is 7.18. The van der Waals surface area contributed by atoms with Crippen LogP contribution in [0.25, 0.3) is 0 Å². The van der Waals surface area contributed by atoms with Crippen molar-refractivity contribution in [1.82, 2.24) is 9.80 Å². The van der Waals surface area contributed by atoms with E-state index in [1.807, 2.05) is 18.7 Å². The molecule has 0 bridgehead atoms. The quantitative estimate of drug-likeness (QED) is 0.857. The Morgan fingerprint density at radius 2 is 1.80 bits per heavy atom. The zero-order chi connectivity index (χ0) is 18.4. The highest BCUT2D eigenvalue weighted by Gasteiger charge is 2.22. The standard InChI is InChI=1S/C20H30N2O3/c1-15(2)22(13-12-21-10-6-4-5-7-11-21)19(23)18-9-8-17(20(24)25)14-16(18)3/h8-9,14-15H,4-7,10-13H2,1-3H3,(H,24,25). The highest BCUT2D eigenvalue weighted by molar-refractivity contribution is 5.97. The van der Waals surface area contributed by atoms with Gasteiger partial charge < -0.3 is 14.9 Å². The number of carbonyl (C=O) groups excluding carboxylic acids is 1. The molecule has 1 aromatic rings. The largest absolute Gasteiger partial charge is 0.478 e. The second kappa shape index (κ2) is 8.99. The van der Waals surface area contributed by atoms with Crippen LogP contribution in [0.4, 0.5) is 0 Å². The summed E-state index contributed by atoms with van der Waals surface area (Å²) in [4.78, 5) is 28.4. The third-order valence-electron chi connectivity index (χ3n) is 4.94. The number of hydrogen-bond donors (Lipinski definition) is 1. The van der Waals surface area contributed by atoms with Gasteiger partial charge in [-0.2, -0.15) is 0 Å². The summed E-state index contributed by atoms with van der Waals surface area (Å²) < 4.78 is 0. The fourth-order valence-electron chi connectivity index (χ4n) is 3.39. The Labute approximate surface area is 150 Å². The van der Waals surface area contributed by atoms with Crippen LogP contribution in [0.1, 0.15) is 65.8 Å². The number of benzene rings is 1. The van der Waals surface area contributed by atoms with E-state index in [1.165, 1.54) is 31.7 Å². The molecule has 0 saturated carbocycles. The van der Waals surface area contributed by atoms with Crippen molar-refractivity contribution < 1.29 is 14.7 Å². The number of rotatable bonds is 6. The zero-order valence-corrected chi connectivity index (χ0v) is 15.6. The van der Waals surface area contributed by atoms with Gasteiger partial charge in [0.2, 0.25) is 0 Å². The van der Waals surface area contributed by atoms with Gasteiger partial charge in [0.25, 0.3) is 5.91 Å². The lowest BCUT2D eigenvalue weighted by molar-refractivity contribution is 0.0672. The highest BCUT2D eigenvalue weighted by atomic mass is 16.4. The van der Waals surface area contributed by atoms with Gasteiger partial charge in [-0.05, 0) is 70.5 Å². The molecule has 0 atom stereocenters. The Bertz CT molecular complexity index is 605. The third-order valence-corrected chi connectivity index (χ3v) is 4.94. The van der Waals surface area contributed by atoms with Crippen LogP contribution in [-0.2, 0) is 0 Å². The molecule has 1 heterocycles. The molecule has 0 spiro atoms. The summed E-state index contributed by atoms with van der Waals surface area (Å²) in [7, 11) is 0. The number of aromatic carboxylic acids is 1. The summed E-state index contributed by atoms with van der Waals surface area (Å²) in [6.07, 6.45) is 5.09. The number of carboxylic acid groups (broad SMARTS) is 1. The van der Waals surface area contributed by atoms with Crippen molar-refractivity contribution in [3.63, 3.8) is 0 Å². The van der Waals surface area contributed by atoms with Crippen LogP contribution in [0, 0.1) is 6.92 Å². The number of hydrogen-bond acceptors (Lipinski definition) is 3.